The standard InChI is InChI=1S/C9H17NO2/c1-9(2,3)12-8(11)10-6-4-5-7-10/h4-7H2,1-3H3/i4D,5D,6D2,7D2. The molecule has 0 aliphatic carbocycles. The first kappa shape index (κ1) is 3.99. The Hall–Kier alpha value is -0.730. The molecule has 0 saturated carbocycles. The van der Waals surface area contributed by atoms with Crippen molar-refractivity contribution in [1.82, 2.24) is 4.90 Å². The number of carbonyl (C=O) groups excluding carboxylic acids is 1. The number of nitrogens with zero attached hydrogens (tertiary/aromatic N) is 1. The predicted octanol–water partition coefficient (Wildman–Crippen LogP) is 2.02. The number of ether oxygens (including phenoxy) is 1. The zero-order chi connectivity index (χ0) is 14.5. The second kappa shape index (κ2) is 3.33. The normalized spacial score (nSPS) is 46.1. The summed E-state index contributed by atoms with van der Waals surface area (Å²) in [5.41, 5.74) is -0.902. The molecule has 1 aliphatic heterocycles. The molecule has 0 N–H and O–H groups in total. The topological polar surface area (TPSA) is 29.5 Å². The quantitative estimate of drug-likeness (QED) is 0.566. The van der Waals surface area contributed by atoms with Gasteiger partial charge in [-0.3, -0.25) is 0 Å². The monoisotopic (exact) mass is 177 g/mol. The number of hydrogen-bond acceptors (Lipinski definition) is 2. The van der Waals surface area contributed by atoms with E-state index in [1.54, 1.807) is 20.8 Å². The minimum Gasteiger partial charge on any atom is -0.444 e. The fourth-order valence-electron chi connectivity index (χ4n) is 0.674. The molecule has 1 amide bonds. The van der Waals surface area contributed by atoms with Crippen LogP contribution in [-0.4, -0.2) is 29.6 Å². The Labute approximate surface area is 82.1 Å². The third kappa shape index (κ3) is 2.72. The minimum absolute atomic E-state index is 0.223. The zero-order valence-electron chi connectivity index (χ0n) is 13.4. The van der Waals surface area contributed by atoms with E-state index >= 15 is 0 Å². The lowest BCUT2D eigenvalue weighted by atomic mass is 10.2. The summed E-state index contributed by atoms with van der Waals surface area (Å²) in [4.78, 5) is 12.1. The molecule has 70 valence electrons. The maximum absolute atomic E-state index is 11.8. The zero-order valence-corrected chi connectivity index (χ0v) is 7.42. The van der Waals surface area contributed by atoms with Crippen LogP contribution >= 0.6 is 0 Å². The third-order valence-corrected chi connectivity index (χ3v) is 1.07. The van der Waals surface area contributed by atoms with E-state index in [1.807, 2.05) is 0 Å². The first-order valence-corrected chi connectivity index (χ1v) is 3.69. The van der Waals surface area contributed by atoms with E-state index in [0.717, 1.165) is 0 Å². The van der Waals surface area contributed by atoms with Crippen molar-refractivity contribution in [2.45, 2.75) is 39.2 Å². The van der Waals surface area contributed by atoms with Crippen molar-refractivity contribution < 1.29 is 17.8 Å². The smallest absolute Gasteiger partial charge is 0.410 e. The van der Waals surface area contributed by atoms with Crippen molar-refractivity contribution in [1.29, 1.82) is 0 Å². The van der Waals surface area contributed by atoms with Crippen LogP contribution in [0.4, 0.5) is 4.79 Å². The summed E-state index contributed by atoms with van der Waals surface area (Å²) in [6.07, 6.45) is -4.55. The highest BCUT2D eigenvalue weighted by atomic mass is 16.6. The number of amides is 1. The van der Waals surface area contributed by atoms with Gasteiger partial charge in [0.15, 0.2) is 0 Å². The van der Waals surface area contributed by atoms with E-state index < -0.39 is 37.5 Å². The van der Waals surface area contributed by atoms with Gasteiger partial charge in [0.05, 0.1) is 0 Å². The van der Waals surface area contributed by atoms with Gasteiger partial charge in [-0.05, 0) is 33.6 Å². The molecule has 3 nitrogen and oxygen atoms in total. The highest BCUT2D eigenvalue weighted by Crippen LogP contribution is 2.14. The average molecular weight is 177 g/mol. The predicted molar refractivity (Wildman–Crippen MR) is 47.0 cm³/mol. The van der Waals surface area contributed by atoms with Crippen molar-refractivity contribution in [3.05, 3.63) is 0 Å². The van der Waals surface area contributed by atoms with Gasteiger partial charge in [-0.15, -0.1) is 0 Å². The van der Waals surface area contributed by atoms with Crippen molar-refractivity contribution in [2.24, 2.45) is 0 Å². The molecule has 3 heteroatoms. The molecule has 1 aliphatic rings. The van der Waals surface area contributed by atoms with Gasteiger partial charge in [0, 0.05) is 21.2 Å². The first-order valence-electron chi connectivity index (χ1n) is 6.85. The maximum Gasteiger partial charge on any atom is 0.410 e. The van der Waals surface area contributed by atoms with Gasteiger partial charge in [-0.1, -0.05) is 0 Å². The molecule has 0 spiro atoms. The molecule has 12 heavy (non-hydrogen) atoms. The van der Waals surface area contributed by atoms with Crippen LogP contribution in [-0.2, 0) is 4.74 Å². The Balaban J connectivity index is 3.09. The van der Waals surface area contributed by atoms with Gasteiger partial charge in [-0.2, -0.15) is 0 Å². The molecule has 0 bridgehead atoms. The minimum atomic E-state index is -2.57. The number of likely N-dealkylation sites (tertiary alicyclic amines) is 1. The summed E-state index contributed by atoms with van der Waals surface area (Å²) in [5.74, 6) is 0. The highest BCUT2D eigenvalue weighted by molar-refractivity contribution is 5.68. The molecule has 1 saturated heterocycles. The summed E-state index contributed by atoms with van der Waals surface area (Å²) in [7, 11) is 0. The van der Waals surface area contributed by atoms with Gasteiger partial charge in [-0.25, -0.2) is 4.79 Å². The molecule has 1 fully saturated rings. The van der Waals surface area contributed by atoms with Crippen LogP contribution in [0.5, 0.6) is 0 Å². The van der Waals surface area contributed by atoms with Crippen LogP contribution in [0.3, 0.4) is 0 Å². The molecule has 1 rings (SSSR count). The molecular weight excluding hydrogens is 154 g/mol. The van der Waals surface area contributed by atoms with E-state index in [1.165, 1.54) is 0 Å². The Morgan fingerprint density at radius 1 is 1.42 bits per heavy atom. The fourth-order valence-corrected chi connectivity index (χ4v) is 0.674. The van der Waals surface area contributed by atoms with Crippen LogP contribution in [0.25, 0.3) is 0 Å². The summed E-state index contributed by atoms with van der Waals surface area (Å²) in [5, 5.41) is 0. The van der Waals surface area contributed by atoms with Gasteiger partial charge >= 0.3 is 6.09 Å². The largest absolute Gasteiger partial charge is 0.444 e. The van der Waals surface area contributed by atoms with Gasteiger partial charge in [0.25, 0.3) is 0 Å². The lowest BCUT2D eigenvalue weighted by Crippen LogP contribution is -2.34. The Bertz CT molecular complexity index is 333. The van der Waals surface area contributed by atoms with Crippen LogP contribution in [0, 0.1) is 0 Å². The lowest BCUT2D eigenvalue weighted by Gasteiger charge is -2.23. The molecular formula is C9H17NO2. The summed E-state index contributed by atoms with van der Waals surface area (Å²) in [6.45, 7) is -0.427. The maximum atomic E-state index is 11.8. The second-order valence-corrected chi connectivity index (χ2v) is 3.41. The summed E-state index contributed by atoms with van der Waals surface area (Å²) in [6, 6.07) is 0. The van der Waals surface area contributed by atoms with Crippen LogP contribution in [0.15, 0.2) is 0 Å². The van der Waals surface area contributed by atoms with E-state index in [-0.39, 0.29) is 4.90 Å². The number of hydrogen-bond donors (Lipinski definition) is 0. The number of rotatable bonds is 0. The van der Waals surface area contributed by atoms with Crippen molar-refractivity contribution >= 4 is 6.09 Å². The van der Waals surface area contributed by atoms with Crippen LogP contribution in [0.1, 0.15) is 41.8 Å². The third-order valence-electron chi connectivity index (χ3n) is 1.07. The molecule has 0 aromatic carbocycles. The molecule has 0 radical (unpaired) electrons. The van der Waals surface area contributed by atoms with Crippen LogP contribution < -0.4 is 0 Å². The van der Waals surface area contributed by atoms with Crippen LogP contribution in [0.2, 0.25) is 0 Å². The van der Waals surface area contributed by atoms with Gasteiger partial charge in [0.2, 0.25) is 0 Å². The van der Waals surface area contributed by atoms with Crippen molar-refractivity contribution in [3.8, 4) is 0 Å². The SMILES string of the molecule is [2H]C1C([2H])C([2H])([2H])N(C(=O)OC(C)(C)C)C1([2H])[2H]. The summed E-state index contributed by atoms with van der Waals surface area (Å²) >= 11 is 0. The van der Waals surface area contributed by atoms with E-state index in [0.29, 0.717) is 0 Å². The Morgan fingerprint density at radius 3 is 2.33 bits per heavy atom. The first-order chi connectivity index (χ1) is 7.82. The Kier molecular flexibility index (Phi) is 1.11. The van der Waals surface area contributed by atoms with Crippen molar-refractivity contribution in [2.75, 3.05) is 13.0 Å². The molecule has 2 unspecified atom stereocenters. The lowest BCUT2D eigenvalue weighted by molar-refractivity contribution is 0.0295. The van der Waals surface area contributed by atoms with E-state index in [9.17, 15) is 4.79 Å². The fraction of sp³-hybridized carbons (Fsp3) is 0.889. The molecule has 1 heterocycles. The van der Waals surface area contributed by atoms with E-state index in [4.69, 9.17) is 13.0 Å². The Morgan fingerprint density at radius 2 is 1.92 bits per heavy atom. The highest BCUT2D eigenvalue weighted by Gasteiger charge is 2.23. The van der Waals surface area contributed by atoms with Gasteiger partial charge < -0.3 is 9.64 Å². The molecule has 2 atom stereocenters. The molecule has 0 aromatic rings. The average Bonchev–Trinajstić information content (AvgIpc) is 2.21. The summed E-state index contributed by atoms with van der Waals surface area (Å²) < 4.78 is 50.4. The molecule has 0 aromatic heterocycles. The van der Waals surface area contributed by atoms with Gasteiger partial charge in [0.1, 0.15) is 5.60 Å². The van der Waals surface area contributed by atoms with E-state index in [2.05, 4.69) is 0 Å². The number of carbonyl (C=O) groups is 1. The van der Waals surface area contributed by atoms with Crippen molar-refractivity contribution in [3.63, 3.8) is 0 Å². The second-order valence-electron chi connectivity index (χ2n) is 3.41.